The Kier molecular flexibility index (Phi) is 4.15. The van der Waals surface area contributed by atoms with Crippen molar-refractivity contribution in [1.29, 1.82) is 0 Å². The molecule has 7 nitrogen and oxygen atoms in total. The number of amides is 1. The Labute approximate surface area is 160 Å². The normalized spacial score (nSPS) is 14.9. The number of rotatable bonds is 3. The highest BCUT2D eigenvalue weighted by atomic mass is 16.5. The molecule has 1 aliphatic heterocycles. The van der Waals surface area contributed by atoms with Crippen molar-refractivity contribution in [3.05, 3.63) is 69.5 Å². The molecule has 0 unspecified atom stereocenters. The number of nitrogens with zero attached hydrogens (tertiary/aromatic N) is 1. The van der Waals surface area contributed by atoms with Gasteiger partial charge in [0, 0.05) is 17.1 Å². The Balaban J connectivity index is 1.75. The van der Waals surface area contributed by atoms with E-state index < -0.39 is 17.4 Å². The van der Waals surface area contributed by atoms with Crippen LogP contribution in [0, 0.1) is 0 Å². The second-order valence-electron chi connectivity index (χ2n) is 6.79. The van der Waals surface area contributed by atoms with Crippen molar-refractivity contribution in [2.75, 3.05) is 12.4 Å². The smallest absolute Gasteiger partial charge is 0.337 e. The molecular formula is C21H18N2O5. The fourth-order valence-corrected chi connectivity index (χ4v) is 3.73. The minimum absolute atomic E-state index is 0.0983. The Bertz CT molecular complexity index is 1180. The van der Waals surface area contributed by atoms with Crippen LogP contribution in [-0.4, -0.2) is 28.7 Å². The molecule has 7 heteroatoms. The number of methoxy groups -OCH3 is 1. The lowest BCUT2D eigenvalue weighted by Crippen LogP contribution is -2.30. The van der Waals surface area contributed by atoms with Crippen molar-refractivity contribution in [1.82, 2.24) is 4.57 Å². The van der Waals surface area contributed by atoms with Gasteiger partial charge in [-0.2, -0.15) is 0 Å². The zero-order valence-electron chi connectivity index (χ0n) is 15.4. The number of nitrogens with one attached hydrogen (secondary N) is 1. The zero-order valence-corrected chi connectivity index (χ0v) is 15.4. The van der Waals surface area contributed by atoms with Crippen LogP contribution in [0.25, 0.3) is 10.9 Å². The van der Waals surface area contributed by atoms with Gasteiger partial charge in [-0.15, -0.1) is 0 Å². The average molecular weight is 378 g/mol. The Morgan fingerprint density at radius 3 is 2.57 bits per heavy atom. The van der Waals surface area contributed by atoms with Gasteiger partial charge in [0.2, 0.25) is 0 Å². The van der Waals surface area contributed by atoms with Crippen molar-refractivity contribution in [3.8, 4) is 5.75 Å². The van der Waals surface area contributed by atoms with Gasteiger partial charge in [0.1, 0.15) is 11.3 Å². The Hall–Kier alpha value is -3.61. The maximum absolute atomic E-state index is 13.0. The van der Waals surface area contributed by atoms with Gasteiger partial charge in [-0.3, -0.25) is 9.59 Å². The quantitative estimate of drug-likeness (QED) is 0.683. The van der Waals surface area contributed by atoms with Gasteiger partial charge in [0.25, 0.3) is 11.5 Å². The maximum atomic E-state index is 13.0. The molecule has 0 saturated heterocycles. The number of carbonyl (C=O) groups excluding carboxylic acids is 2. The van der Waals surface area contributed by atoms with Crippen LogP contribution in [0.2, 0.25) is 0 Å². The van der Waals surface area contributed by atoms with Crippen LogP contribution in [0.1, 0.15) is 39.2 Å². The van der Waals surface area contributed by atoms with Crippen LogP contribution in [0.4, 0.5) is 5.69 Å². The summed E-state index contributed by atoms with van der Waals surface area (Å²) in [6, 6.07) is 11.4. The van der Waals surface area contributed by atoms with Gasteiger partial charge in [-0.1, -0.05) is 12.1 Å². The van der Waals surface area contributed by atoms with Gasteiger partial charge in [0.05, 0.1) is 18.2 Å². The molecule has 0 spiro atoms. The first-order valence-corrected chi connectivity index (χ1v) is 8.81. The molecule has 2 heterocycles. The van der Waals surface area contributed by atoms with E-state index >= 15 is 0 Å². The van der Waals surface area contributed by atoms with Crippen molar-refractivity contribution < 1.29 is 19.4 Å². The number of aromatic hydroxyl groups is 1. The van der Waals surface area contributed by atoms with Gasteiger partial charge >= 0.3 is 5.97 Å². The lowest BCUT2D eigenvalue weighted by molar-refractivity contribution is 0.0600. The summed E-state index contributed by atoms with van der Waals surface area (Å²) in [5.74, 6) is -1.52. The summed E-state index contributed by atoms with van der Waals surface area (Å²) in [5, 5.41) is 13.7. The first kappa shape index (κ1) is 17.8. The molecule has 2 aromatic carbocycles. The highest BCUT2D eigenvalue weighted by molar-refractivity contribution is 6.09. The summed E-state index contributed by atoms with van der Waals surface area (Å²) < 4.78 is 6.21. The average Bonchev–Trinajstić information content (AvgIpc) is 3.03. The van der Waals surface area contributed by atoms with Crippen LogP contribution in [0.3, 0.4) is 0 Å². The third-order valence-electron chi connectivity index (χ3n) is 5.03. The molecule has 28 heavy (non-hydrogen) atoms. The molecule has 2 N–H and O–H groups in total. The van der Waals surface area contributed by atoms with Crippen molar-refractivity contribution in [2.24, 2.45) is 0 Å². The highest BCUT2D eigenvalue weighted by Gasteiger charge is 2.29. The summed E-state index contributed by atoms with van der Waals surface area (Å²) in [7, 11) is 1.28. The second kappa shape index (κ2) is 6.53. The molecular weight excluding hydrogens is 360 g/mol. The summed E-state index contributed by atoms with van der Waals surface area (Å²) in [5.41, 5.74) is 1.56. The molecule has 0 fully saturated rings. The minimum Gasteiger partial charge on any atom is -0.506 e. The Morgan fingerprint density at radius 1 is 1.18 bits per heavy atom. The molecule has 0 aliphatic carbocycles. The lowest BCUT2D eigenvalue weighted by Gasteiger charge is -2.14. The largest absolute Gasteiger partial charge is 0.506 e. The molecule has 3 aromatic rings. The van der Waals surface area contributed by atoms with E-state index in [2.05, 4.69) is 10.1 Å². The van der Waals surface area contributed by atoms with Gasteiger partial charge in [0.15, 0.2) is 0 Å². The topological polar surface area (TPSA) is 97.6 Å². The van der Waals surface area contributed by atoms with E-state index in [1.165, 1.54) is 31.4 Å². The molecule has 1 aromatic heterocycles. The second-order valence-corrected chi connectivity index (χ2v) is 6.79. The number of benzene rings is 2. The van der Waals surface area contributed by atoms with E-state index in [0.29, 0.717) is 28.6 Å². The molecule has 0 bridgehead atoms. The molecule has 0 saturated carbocycles. The third-order valence-corrected chi connectivity index (χ3v) is 5.03. The van der Waals surface area contributed by atoms with Crippen LogP contribution >= 0.6 is 0 Å². The van der Waals surface area contributed by atoms with Crippen molar-refractivity contribution >= 4 is 28.5 Å². The van der Waals surface area contributed by atoms with E-state index in [9.17, 15) is 19.5 Å². The summed E-state index contributed by atoms with van der Waals surface area (Å²) in [6.45, 7) is 1.91. The molecule has 1 amide bonds. The first-order chi connectivity index (χ1) is 13.4. The number of ether oxygens (including phenoxy) is 1. The maximum Gasteiger partial charge on any atom is 0.337 e. The van der Waals surface area contributed by atoms with Crippen molar-refractivity contribution in [3.63, 3.8) is 0 Å². The van der Waals surface area contributed by atoms with Gasteiger partial charge in [-0.25, -0.2) is 4.79 Å². The predicted octanol–water partition coefficient (Wildman–Crippen LogP) is 2.86. The van der Waals surface area contributed by atoms with E-state index in [0.717, 1.165) is 5.56 Å². The number of para-hydroxylation sites is 1. The Morgan fingerprint density at radius 2 is 1.89 bits per heavy atom. The number of anilines is 1. The third kappa shape index (κ3) is 2.63. The van der Waals surface area contributed by atoms with Crippen LogP contribution in [0.15, 0.2) is 47.3 Å². The monoisotopic (exact) mass is 378 g/mol. The van der Waals surface area contributed by atoms with Crippen molar-refractivity contribution in [2.45, 2.75) is 19.4 Å². The van der Waals surface area contributed by atoms with E-state index in [-0.39, 0.29) is 17.4 Å². The molecule has 0 radical (unpaired) electrons. The fraction of sp³-hybridized carbons (Fsp3) is 0.190. The molecule has 4 rings (SSSR count). The lowest BCUT2D eigenvalue weighted by atomic mass is 10.1. The number of carbonyl (C=O) groups is 2. The van der Waals surface area contributed by atoms with E-state index in [1.807, 2.05) is 13.0 Å². The molecule has 142 valence electrons. The zero-order chi connectivity index (χ0) is 20.0. The number of hydrogen-bond donors (Lipinski definition) is 2. The van der Waals surface area contributed by atoms with Gasteiger partial charge in [-0.05, 0) is 49.2 Å². The van der Waals surface area contributed by atoms with E-state index in [1.54, 1.807) is 16.7 Å². The van der Waals surface area contributed by atoms with Crippen LogP contribution < -0.4 is 10.9 Å². The summed E-state index contributed by atoms with van der Waals surface area (Å²) in [4.78, 5) is 37.3. The number of esters is 1. The number of aromatic nitrogens is 1. The first-order valence-electron chi connectivity index (χ1n) is 8.81. The number of pyridine rings is 1. The summed E-state index contributed by atoms with van der Waals surface area (Å²) >= 11 is 0. The summed E-state index contributed by atoms with van der Waals surface area (Å²) in [6.07, 6.45) is 0.673. The van der Waals surface area contributed by atoms with Gasteiger partial charge < -0.3 is 19.7 Å². The van der Waals surface area contributed by atoms with Crippen LogP contribution in [0.5, 0.6) is 5.75 Å². The van der Waals surface area contributed by atoms with Crippen LogP contribution in [-0.2, 0) is 11.2 Å². The molecule has 1 aliphatic rings. The fourth-order valence-electron chi connectivity index (χ4n) is 3.73. The highest BCUT2D eigenvalue weighted by Crippen LogP contribution is 2.36. The SMILES string of the molecule is COC(=O)c1ccc(NC(=O)c2c(O)c3cccc4c3n(c2=O)[C@@H](C)C4)cc1. The number of hydrogen-bond acceptors (Lipinski definition) is 5. The minimum atomic E-state index is -0.705. The molecule has 1 atom stereocenters. The standard InChI is InChI=1S/C21H18N2O5/c1-11-10-13-4-3-5-15-17(13)23(11)20(26)16(18(15)24)19(25)22-14-8-6-12(7-9-14)21(27)28-2/h3-9,11,24H,10H2,1-2H3,(H,22,25)/t11-/m0/s1. The predicted molar refractivity (Wildman–Crippen MR) is 104 cm³/mol. The van der Waals surface area contributed by atoms with E-state index in [4.69, 9.17) is 0 Å².